The molecule has 0 saturated heterocycles. The minimum absolute atomic E-state index is 0.132. The van der Waals surface area contributed by atoms with E-state index in [-0.39, 0.29) is 12.3 Å². The monoisotopic (exact) mass is 571 g/mol. The normalized spacial score (nSPS) is 13.0. The number of hydrazine groups is 1. The van der Waals surface area contributed by atoms with Crippen molar-refractivity contribution in [1.29, 1.82) is 0 Å². The third kappa shape index (κ3) is 8.33. The number of nitrogens with one attached hydrogen (secondary N) is 1. The molecule has 0 aliphatic carbocycles. The van der Waals surface area contributed by atoms with E-state index in [4.69, 9.17) is 9.84 Å². The Morgan fingerprint density at radius 2 is 1.64 bits per heavy atom. The Balaban J connectivity index is 1.63. The smallest absolute Gasteiger partial charge is 0.413 e. The molecular weight excluding hydrogens is 534 g/mol. The molecule has 0 fully saturated rings. The second-order valence-corrected chi connectivity index (χ2v) is 10.9. The van der Waals surface area contributed by atoms with Crippen molar-refractivity contribution >= 4 is 35.2 Å². The minimum atomic E-state index is -0.802. The molecule has 1 aliphatic rings. The molecule has 0 atom stereocenters. The first-order valence-electron chi connectivity index (χ1n) is 14.0. The molecule has 10 nitrogen and oxygen atoms in total. The number of aliphatic carboxylic acids is 1. The second kappa shape index (κ2) is 13.7. The molecule has 4 rings (SSSR count). The van der Waals surface area contributed by atoms with Gasteiger partial charge in [-0.15, -0.1) is 0 Å². The molecule has 42 heavy (non-hydrogen) atoms. The number of pyridine rings is 1. The van der Waals surface area contributed by atoms with Crippen LogP contribution in [0.25, 0.3) is 0 Å². The maximum Gasteiger partial charge on any atom is 0.413 e. The first kappa shape index (κ1) is 30.1. The summed E-state index contributed by atoms with van der Waals surface area (Å²) in [5.41, 5.74) is 2.26. The molecule has 0 unspecified atom stereocenters. The zero-order valence-electron chi connectivity index (χ0n) is 24.2. The largest absolute Gasteiger partial charge is 0.481 e. The van der Waals surface area contributed by atoms with Crippen LogP contribution in [0, 0.1) is 0 Å². The number of unbranched alkanes of at least 4 members (excludes halogenated alkanes) is 2. The number of carbonyl (C=O) groups excluding carboxylic acids is 2. The van der Waals surface area contributed by atoms with Gasteiger partial charge >= 0.3 is 12.1 Å². The molecule has 10 heteroatoms. The first-order chi connectivity index (χ1) is 20.1. The van der Waals surface area contributed by atoms with E-state index in [1.807, 2.05) is 59.7 Å². The van der Waals surface area contributed by atoms with Crippen molar-refractivity contribution in [2.24, 2.45) is 0 Å². The van der Waals surface area contributed by atoms with E-state index in [1.165, 1.54) is 0 Å². The lowest BCUT2D eigenvalue weighted by Crippen LogP contribution is -2.47. The van der Waals surface area contributed by atoms with E-state index in [1.54, 1.807) is 56.2 Å². The van der Waals surface area contributed by atoms with Crippen molar-refractivity contribution in [1.82, 2.24) is 9.99 Å². The van der Waals surface area contributed by atoms with Gasteiger partial charge in [0.15, 0.2) is 0 Å². The molecule has 1 aliphatic heterocycles. The number of nitrogens with zero attached hydrogens (tertiary/aromatic N) is 4. The van der Waals surface area contributed by atoms with Crippen molar-refractivity contribution in [3.63, 3.8) is 0 Å². The summed E-state index contributed by atoms with van der Waals surface area (Å²) in [6.45, 7) is 5.72. The molecule has 2 amide bonds. The second-order valence-electron chi connectivity index (χ2n) is 10.9. The molecule has 2 aromatic carbocycles. The zero-order valence-corrected chi connectivity index (χ0v) is 24.2. The summed E-state index contributed by atoms with van der Waals surface area (Å²) in [6.07, 6.45) is 5.84. The third-order valence-corrected chi connectivity index (χ3v) is 6.41. The number of anilines is 3. The molecule has 3 aromatic rings. The summed E-state index contributed by atoms with van der Waals surface area (Å²) in [5.74, 6) is -0.748. The van der Waals surface area contributed by atoms with Gasteiger partial charge in [0, 0.05) is 23.9 Å². The van der Waals surface area contributed by atoms with Crippen molar-refractivity contribution in [3.05, 3.63) is 96.5 Å². The van der Waals surface area contributed by atoms with Crippen LogP contribution in [0.2, 0.25) is 0 Å². The van der Waals surface area contributed by atoms with Gasteiger partial charge in [0.25, 0.3) is 5.91 Å². The van der Waals surface area contributed by atoms with Gasteiger partial charge in [-0.1, -0.05) is 42.8 Å². The highest BCUT2D eigenvalue weighted by molar-refractivity contribution is 6.05. The van der Waals surface area contributed by atoms with Gasteiger partial charge in [-0.3, -0.25) is 19.9 Å². The fourth-order valence-corrected chi connectivity index (χ4v) is 4.51. The lowest BCUT2D eigenvalue weighted by atomic mass is 10.1. The Morgan fingerprint density at radius 1 is 0.952 bits per heavy atom. The quantitative estimate of drug-likeness (QED) is 0.246. The number of allylic oxidation sites excluding steroid dienone is 1. The first-order valence-corrected chi connectivity index (χ1v) is 14.0. The fourth-order valence-electron chi connectivity index (χ4n) is 4.51. The number of hydrogen-bond donors (Lipinski definition) is 2. The molecule has 0 saturated carbocycles. The zero-order chi connectivity index (χ0) is 30.1. The highest BCUT2D eigenvalue weighted by Crippen LogP contribution is 2.32. The van der Waals surface area contributed by atoms with Crippen LogP contribution in [-0.4, -0.2) is 45.3 Å². The standard InChI is InChI=1S/C32H37N5O5/c1-32(2,3)42-31(41)34-28-20-19-26(21-33-28)37(30(40)24-13-7-4-8-14-24)36-23-35(25-15-9-5-10-16-25)22-27(36)17-11-6-12-18-29(38)39/h4-5,7-10,13-16,19-22H,6,11-12,17-18,23H2,1-3H3,(H,38,39)(H,33,34,41). The number of hydrogen-bond acceptors (Lipinski definition) is 7. The van der Waals surface area contributed by atoms with E-state index in [9.17, 15) is 14.4 Å². The lowest BCUT2D eigenvalue weighted by molar-refractivity contribution is -0.137. The molecule has 2 heterocycles. The van der Waals surface area contributed by atoms with E-state index in [0.717, 1.165) is 24.2 Å². The number of amides is 2. The van der Waals surface area contributed by atoms with Crippen LogP contribution >= 0.6 is 0 Å². The molecule has 1 aromatic heterocycles. The highest BCUT2D eigenvalue weighted by Gasteiger charge is 2.32. The van der Waals surface area contributed by atoms with Gasteiger partial charge in [-0.2, -0.15) is 0 Å². The third-order valence-electron chi connectivity index (χ3n) is 6.41. The van der Waals surface area contributed by atoms with Gasteiger partial charge in [0.05, 0.1) is 17.6 Å². The average molecular weight is 572 g/mol. The fraction of sp³-hybridized carbons (Fsp3) is 0.312. The van der Waals surface area contributed by atoms with Gasteiger partial charge < -0.3 is 14.7 Å². The van der Waals surface area contributed by atoms with Gasteiger partial charge in [-0.25, -0.2) is 14.8 Å². The van der Waals surface area contributed by atoms with Crippen LogP contribution in [0.5, 0.6) is 0 Å². The number of para-hydroxylation sites is 1. The van der Waals surface area contributed by atoms with Crippen LogP contribution in [0.4, 0.5) is 22.0 Å². The number of rotatable bonds is 11. The van der Waals surface area contributed by atoms with Gasteiger partial charge in [0.2, 0.25) is 0 Å². The summed E-state index contributed by atoms with van der Waals surface area (Å²) in [5, 5.41) is 15.2. The highest BCUT2D eigenvalue weighted by atomic mass is 16.6. The lowest BCUT2D eigenvalue weighted by Gasteiger charge is -2.35. The van der Waals surface area contributed by atoms with Crippen LogP contribution < -0.4 is 15.2 Å². The van der Waals surface area contributed by atoms with Crippen LogP contribution in [-0.2, 0) is 9.53 Å². The maximum absolute atomic E-state index is 14.0. The number of aromatic nitrogens is 1. The Morgan fingerprint density at radius 3 is 2.26 bits per heavy atom. The predicted molar refractivity (Wildman–Crippen MR) is 162 cm³/mol. The SMILES string of the molecule is CC(C)(C)OC(=O)Nc1ccc(N(C(=O)c2ccccc2)N2CN(c3ccccc3)C=C2CCCCCC(=O)O)cn1. The predicted octanol–water partition coefficient (Wildman–Crippen LogP) is 6.65. The summed E-state index contributed by atoms with van der Waals surface area (Å²) >= 11 is 0. The number of ether oxygens (including phenoxy) is 1. The van der Waals surface area contributed by atoms with Crippen LogP contribution in [0.3, 0.4) is 0 Å². The Labute approximate surface area is 246 Å². The van der Waals surface area contributed by atoms with Crippen molar-refractivity contribution < 1.29 is 24.2 Å². The van der Waals surface area contributed by atoms with Crippen LogP contribution in [0.1, 0.15) is 63.2 Å². The van der Waals surface area contributed by atoms with Crippen molar-refractivity contribution in [3.8, 4) is 0 Å². The van der Waals surface area contributed by atoms with E-state index in [2.05, 4.69) is 15.2 Å². The van der Waals surface area contributed by atoms with E-state index < -0.39 is 17.7 Å². The number of carbonyl (C=O) groups is 3. The molecule has 0 radical (unpaired) electrons. The van der Waals surface area contributed by atoms with Crippen molar-refractivity contribution in [2.45, 2.75) is 58.5 Å². The molecule has 0 spiro atoms. The van der Waals surface area contributed by atoms with Gasteiger partial charge in [-0.05, 0) is 76.4 Å². The van der Waals surface area contributed by atoms with Crippen molar-refractivity contribution in [2.75, 3.05) is 21.9 Å². The average Bonchev–Trinajstić information content (AvgIpc) is 3.37. The topological polar surface area (TPSA) is 115 Å². The van der Waals surface area contributed by atoms with Crippen LogP contribution in [0.15, 0.2) is 90.9 Å². The number of carboxylic acids is 1. The summed E-state index contributed by atoms with van der Waals surface area (Å²) in [7, 11) is 0. The maximum atomic E-state index is 14.0. The number of benzene rings is 2. The molecular formula is C32H37N5O5. The molecule has 2 N–H and O–H groups in total. The van der Waals surface area contributed by atoms with E-state index in [0.29, 0.717) is 36.6 Å². The summed E-state index contributed by atoms with van der Waals surface area (Å²) in [4.78, 5) is 43.7. The summed E-state index contributed by atoms with van der Waals surface area (Å²) < 4.78 is 5.32. The Bertz CT molecular complexity index is 1390. The Hall–Kier alpha value is -4.86. The minimum Gasteiger partial charge on any atom is -0.481 e. The molecule has 0 bridgehead atoms. The van der Waals surface area contributed by atoms with E-state index >= 15 is 0 Å². The van der Waals surface area contributed by atoms with Gasteiger partial charge in [0.1, 0.15) is 18.1 Å². The molecule has 220 valence electrons. The number of carboxylic acid groups (broad SMARTS) is 1. The summed E-state index contributed by atoms with van der Waals surface area (Å²) in [6, 6.07) is 22.3. The Kier molecular flexibility index (Phi) is 9.80.